The number of pyridine rings is 1. The second kappa shape index (κ2) is 7.51. The number of aromatic nitrogens is 3. The van der Waals surface area contributed by atoms with Crippen LogP contribution in [0.1, 0.15) is 28.6 Å². The van der Waals surface area contributed by atoms with Gasteiger partial charge in [0, 0.05) is 37.9 Å². The Kier molecular flexibility index (Phi) is 4.76. The van der Waals surface area contributed by atoms with E-state index in [2.05, 4.69) is 9.97 Å². The number of furan rings is 1. The molecule has 1 aliphatic heterocycles. The van der Waals surface area contributed by atoms with Gasteiger partial charge >= 0.3 is 0 Å². The molecule has 0 fully saturated rings. The first-order chi connectivity index (χ1) is 13.7. The van der Waals surface area contributed by atoms with E-state index in [9.17, 15) is 14.7 Å². The number of imidazole rings is 1. The molecule has 0 saturated carbocycles. The molecule has 0 bridgehead atoms. The van der Waals surface area contributed by atoms with E-state index >= 15 is 0 Å². The fourth-order valence-corrected chi connectivity index (χ4v) is 3.38. The largest absolute Gasteiger partial charge is 0.503 e. The second-order valence-electron chi connectivity index (χ2n) is 6.41. The molecule has 0 aromatic carbocycles. The molecule has 1 aliphatic rings. The number of carbonyl (C=O) groups excluding carboxylic acids is 2. The van der Waals surface area contributed by atoms with E-state index in [-0.39, 0.29) is 11.3 Å². The second-order valence-corrected chi connectivity index (χ2v) is 6.41. The van der Waals surface area contributed by atoms with Crippen molar-refractivity contribution in [3.05, 3.63) is 84.3 Å². The number of aliphatic hydroxyl groups is 1. The van der Waals surface area contributed by atoms with Crippen LogP contribution in [-0.2, 0) is 11.3 Å². The van der Waals surface area contributed by atoms with Crippen molar-refractivity contribution in [1.82, 2.24) is 19.4 Å². The maximum absolute atomic E-state index is 12.9. The van der Waals surface area contributed by atoms with Gasteiger partial charge in [0.1, 0.15) is 0 Å². The van der Waals surface area contributed by atoms with Crippen LogP contribution >= 0.6 is 0 Å². The van der Waals surface area contributed by atoms with Gasteiger partial charge in [-0.1, -0.05) is 6.07 Å². The van der Waals surface area contributed by atoms with E-state index < -0.39 is 23.5 Å². The Morgan fingerprint density at radius 3 is 2.75 bits per heavy atom. The minimum absolute atomic E-state index is 0.00980. The summed E-state index contributed by atoms with van der Waals surface area (Å²) in [5, 5.41) is 10.5. The molecule has 28 heavy (non-hydrogen) atoms. The summed E-state index contributed by atoms with van der Waals surface area (Å²) >= 11 is 0. The van der Waals surface area contributed by atoms with Crippen LogP contribution in [0.25, 0.3) is 0 Å². The maximum Gasteiger partial charge on any atom is 0.290 e. The van der Waals surface area contributed by atoms with Gasteiger partial charge < -0.3 is 19.0 Å². The van der Waals surface area contributed by atoms with Crippen LogP contribution in [0.3, 0.4) is 0 Å². The summed E-state index contributed by atoms with van der Waals surface area (Å²) in [5.74, 6) is -1.56. The van der Waals surface area contributed by atoms with Crippen LogP contribution in [0.5, 0.6) is 0 Å². The van der Waals surface area contributed by atoms with Gasteiger partial charge in [-0.3, -0.25) is 14.6 Å². The lowest BCUT2D eigenvalue weighted by molar-refractivity contribution is -0.129. The zero-order valence-corrected chi connectivity index (χ0v) is 14.9. The first-order valence-corrected chi connectivity index (χ1v) is 8.85. The third kappa shape index (κ3) is 3.20. The van der Waals surface area contributed by atoms with Crippen molar-refractivity contribution in [2.24, 2.45) is 0 Å². The van der Waals surface area contributed by atoms with Gasteiger partial charge in [-0.25, -0.2) is 4.98 Å². The van der Waals surface area contributed by atoms with Gasteiger partial charge in [0.2, 0.25) is 5.78 Å². The Bertz CT molecular complexity index is 994. The molecule has 8 heteroatoms. The van der Waals surface area contributed by atoms with Crippen molar-refractivity contribution >= 4 is 11.7 Å². The van der Waals surface area contributed by atoms with Crippen molar-refractivity contribution < 1.29 is 19.1 Å². The summed E-state index contributed by atoms with van der Waals surface area (Å²) in [4.78, 5) is 35.3. The number of amides is 1. The highest BCUT2D eigenvalue weighted by atomic mass is 16.3. The lowest BCUT2D eigenvalue weighted by Gasteiger charge is -2.26. The number of aryl methyl sites for hydroxylation is 1. The summed E-state index contributed by atoms with van der Waals surface area (Å²) in [6, 6.07) is 5.88. The Labute approximate surface area is 160 Å². The van der Waals surface area contributed by atoms with Crippen molar-refractivity contribution in [3.8, 4) is 0 Å². The summed E-state index contributed by atoms with van der Waals surface area (Å²) in [6.45, 7) is 1.02. The molecule has 8 nitrogen and oxygen atoms in total. The molecule has 0 unspecified atom stereocenters. The van der Waals surface area contributed by atoms with Crippen LogP contribution in [0.4, 0.5) is 0 Å². The number of hydrogen-bond donors (Lipinski definition) is 1. The smallest absolute Gasteiger partial charge is 0.290 e. The van der Waals surface area contributed by atoms with Crippen LogP contribution in [0.2, 0.25) is 0 Å². The van der Waals surface area contributed by atoms with E-state index in [0.29, 0.717) is 25.1 Å². The molecule has 0 aliphatic carbocycles. The number of carbonyl (C=O) groups is 2. The van der Waals surface area contributed by atoms with E-state index in [1.54, 1.807) is 43.1 Å². The maximum atomic E-state index is 12.9. The Balaban J connectivity index is 1.64. The fourth-order valence-electron chi connectivity index (χ4n) is 3.38. The Morgan fingerprint density at radius 1 is 1.18 bits per heavy atom. The Hall–Kier alpha value is -3.68. The van der Waals surface area contributed by atoms with E-state index in [1.807, 2.05) is 10.8 Å². The first-order valence-electron chi connectivity index (χ1n) is 8.85. The van der Waals surface area contributed by atoms with Crippen molar-refractivity contribution in [3.63, 3.8) is 0 Å². The lowest BCUT2D eigenvalue weighted by Crippen LogP contribution is -2.32. The molecule has 1 amide bonds. The van der Waals surface area contributed by atoms with Gasteiger partial charge in [0.25, 0.3) is 5.91 Å². The van der Waals surface area contributed by atoms with E-state index in [1.165, 1.54) is 17.2 Å². The number of ketones is 1. The number of hydrogen-bond acceptors (Lipinski definition) is 6. The normalized spacial score (nSPS) is 16.8. The van der Waals surface area contributed by atoms with E-state index in [4.69, 9.17) is 4.42 Å². The minimum Gasteiger partial charge on any atom is -0.503 e. The van der Waals surface area contributed by atoms with Crippen LogP contribution in [0, 0.1) is 0 Å². The molecule has 3 aromatic rings. The van der Waals surface area contributed by atoms with Gasteiger partial charge in [-0.05, 0) is 30.2 Å². The molecule has 142 valence electrons. The highest BCUT2D eigenvalue weighted by Gasteiger charge is 2.44. The summed E-state index contributed by atoms with van der Waals surface area (Å²) < 4.78 is 7.09. The third-order valence-electron chi connectivity index (χ3n) is 4.67. The zero-order valence-electron chi connectivity index (χ0n) is 14.9. The van der Waals surface area contributed by atoms with Crippen molar-refractivity contribution in [2.75, 3.05) is 6.54 Å². The summed E-state index contributed by atoms with van der Waals surface area (Å²) in [7, 11) is 0. The standard InChI is InChI=1S/C20H18N4O4/c25-18(15-5-2-11-28-15)16-17(14-4-1-6-21-12-14)24(20(27)19(16)26)9-3-8-23-10-7-22-13-23/h1-2,4-7,10-13,17,26H,3,8-9H2/t17-/m1/s1. The fraction of sp³-hybridized carbons (Fsp3) is 0.200. The van der Waals surface area contributed by atoms with Gasteiger partial charge in [-0.2, -0.15) is 0 Å². The monoisotopic (exact) mass is 378 g/mol. The lowest BCUT2D eigenvalue weighted by atomic mass is 9.96. The van der Waals surface area contributed by atoms with Gasteiger partial charge in [-0.15, -0.1) is 0 Å². The SMILES string of the molecule is O=C(C1=C(O)C(=O)N(CCCn2ccnc2)[C@@H]1c1cccnc1)c1ccco1. The predicted molar refractivity (Wildman–Crippen MR) is 98.2 cm³/mol. The average Bonchev–Trinajstić information content (AvgIpc) is 3.46. The molecule has 0 saturated heterocycles. The highest BCUT2D eigenvalue weighted by molar-refractivity contribution is 6.14. The third-order valence-corrected chi connectivity index (χ3v) is 4.67. The average molecular weight is 378 g/mol. The van der Waals surface area contributed by atoms with Gasteiger partial charge in [0.15, 0.2) is 11.5 Å². The topological polar surface area (TPSA) is 101 Å². The van der Waals surface area contributed by atoms with Crippen molar-refractivity contribution in [1.29, 1.82) is 0 Å². The molecule has 0 radical (unpaired) electrons. The molecule has 1 atom stereocenters. The molecule has 0 spiro atoms. The van der Waals surface area contributed by atoms with Crippen molar-refractivity contribution in [2.45, 2.75) is 19.0 Å². The molecule has 4 rings (SSSR count). The number of rotatable bonds is 7. The quantitative estimate of drug-likeness (QED) is 0.634. The highest BCUT2D eigenvalue weighted by Crippen LogP contribution is 2.38. The number of aliphatic hydroxyl groups excluding tert-OH is 1. The summed E-state index contributed by atoms with van der Waals surface area (Å²) in [6.07, 6.45) is 10.4. The van der Waals surface area contributed by atoms with Crippen LogP contribution < -0.4 is 0 Å². The van der Waals surface area contributed by atoms with Crippen LogP contribution in [-0.4, -0.2) is 42.8 Å². The van der Waals surface area contributed by atoms with Crippen LogP contribution in [0.15, 0.2) is 77.4 Å². The number of Topliss-reactive ketones (excluding diaryl/α,β-unsaturated/α-hetero) is 1. The summed E-state index contributed by atoms with van der Waals surface area (Å²) in [5.41, 5.74) is 0.660. The first kappa shape index (κ1) is 17.7. The molecular weight excluding hydrogens is 360 g/mol. The van der Waals surface area contributed by atoms with Gasteiger partial charge in [0.05, 0.1) is 24.2 Å². The molecule has 4 heterocycles. The van der Waals surface area contributed by atoms with E-state index in [0.717, 1.165) is 0 Å². The minimum atomic E-state index is -0.721. The molecule has 1 N–H and O–H groups in total. The molecule has 3 aromatic heterocycles. The zero-order chi connectivity index (χ0) is 19.5. The number of nitrogens with zero attached hydrogens (tertiary/aromatic N) is 4. The Morgan fingerprint density at radius 2 is 2.07 bits per heavy atom. The molecular formula is C20H18N4O4. The predicted octanol–water partition coefficient (Wildman–Crippen LogP) is 2.54.